The molecule has 0 amide bonds. The van der Waals surface area contributed by atoms with Crippen LogP contribution in [-0.2, 0) is 0 Å². The normalized spacial score (nSPS) is 19.4. The molecule has 2 saturated carbocycles. The van der Waals surface area contributed by atoms with Gasteiger partial charge in [-0.05, 0) is 67.9 Å². The molecule has 172 valence electrons. The molecule has 33 heavy (non-hydrogen) atoms. The summed E-state index contributed by atoms with van der Waals surface area (Å²) in [4.78, 5) is 14.9. The first kappa shape index (κ1) is 20.8. The molecule has 3 aliphatic rings. The fourth-order valence-electron chi connectivity index (χ4n) is 5.97. The van der Waals surface area contributed by atoms with Crippen molar-refractivity contribution in [2.45, 2.75) is 50.9 Å². The molecule has 1 spiro atoms. The first-order chi connectivity index (χ1) is 16.1. The molecule has 1 saturated heterocycles. The molecular formula is C28H34N4O. The van der Waals surface area contributed by atoms with Crippen molar-refractivity contribution in [3.8, 4) is 5.75 Å². The quantitative estimate of drug-likeness (QED) is 0.466. The highest BCUT2D eigenvalue weighted by Gasteiger charge is 2.53. The van der Waals surface area contributed by atoms with Gasteiger partial charge in [-0.25, -0.2) is 9.97 Å². The zero-order valence-corrected chi connectivity index (χ0v) is 20.1. The fraction of sp³-hybridized carbons (Fsp3) is 0.500. The van der Waals surface area contributed by atoms with Gasteiger partial charge in [0, 0.05) is 49.1 Å². The zero-order chi connectivity index (χ0) is 22.6. The van der Waals surface area contributed by atoms with E-state index in [1.54, 1.807) is 7.11 Å². The van der Waals surface area contributed by atoms with Gasteiger partial charge in [0.2, 0.25) is 0 Å². The molecule has 5 nitrogen and oxygen atoms in total. The Labute approximate surface area is 196 Å². The van der Waals surface area contributed by atoms with Crippen LogP contribution in [0.15, 0.2) is 42.5 Å². The average molecular weight is 443 g/mol. The maximum atomic E-state index is 5.62. The largest absolute Gasteiger partial charge is 0.496 e. The van der Waals surface area contributed by atoms with Crippen LogP contribution in [0, 0.1) is 5.41 Å². The van der Waals surface area contributed by atoms with Gasteiger partial charge in [0.05, 0.1) is 12.6 Å². The van der Waals surface area contributed by atoms with Crippen LogP contribution in [0.4, 0.5) is 11.5 Å². The molecule has 1 aliphatic heterocycles. The second-order valence-electron chi connectivity index (χ2n) is 10.5. The lowest BCUT2D eigenvalue weighted by atomic mass is 9.56. The van der Waals surface area contributed by atoms with Gasteiger partial charge in [0.1, 0.15) is 17.4 Å². The van der Waals surface area contributed by atoms with Crippen molar-refractivity contribution in [1.29, 1.82) is 0 Å². The van der Waals surface area contributed by atoms with Crippen molar-refractivity contribution >= 4 is 22.4 Å². The molecule has 5 heteroatoms. The van der Waals surface area contributed by atoms with Gasteiger partial charge in [-0.1, -0.05) is 25.1 Å². The Balaban J connectivity index is 1.25. The lowest BCUT2D eigenvalue weighted by Crippen LogP contribution is -2.62. The number of benzene rings is 2. The van der Waals surface area contributed by atoms with Crippen LogP contribution >= 0.6 is 0 Å². The van der Waals surface area contributed by atoms with Crippen LogP contribution in [0.25, 0.3) is 10.9 Å². The lowest BCUT2D eigenvalue weighted by molar-refractivity contribution is 0.0618. The summed E-state index contributed by atoms with van der Waals surface area (Å²) in [7, 11) is 3.96. The number of aromatic nitrogens is 2. The molecule has 1 aromatic heterocycles. The Morgan fingerprint density at radius 3 is 2.58 bits per heavy atom. The second kappa shape index (κ2) is 7.89. The van der Waals surface area contributed by atoms with Crippen molar-refractivity contribution in [2.24, 2.45) is 5.41 Å². The summed E-state index contributed by atoms with van der Waals surface area (Å²) in [6.07, 6.45) is 6.08. The first-order valence-corrected chi connectivity index (χ1v) is 12.5. The minimum Gasteiger partial charge on any atom is -0.496 e. The molecule has 0 bridgehead atoms. The molecule has 2 aromatic carbocycles. The highest BCUT2D eigenvalue weighted by molar-refractivity contribution is 5.92. The Morgan fingerprint density at radius 2 is 1.85 bits per heavy atom. The number of fused-ring (bicyclic) bond motifs is 1. The van der Waals surface area contributed by atoms with E-state index in [9.17, 15) is 0 Å². The van der Waals surface area contributed by atoms with E-state index in [-0.39, 0.29) is 0 Å². The summed E-state index contributed by atoms with van der Waals surface area (Å²) in [5.41, 5.74) is 4.15. The van der Waals surface area contributed by atoms with Crippen molar-refractivity contribution in [2.75, 3.05) is 43.6 Å². The minimum atomic E-state index is 0.430. The molecule has 3 aromatic rings. The van der Waals surface area contributed by atoms with E-state index >= 15 is 0 Å². The maximum Gasteiger partial charge on any atom is 0.140 e. The first-order valence-electron chi connectivity index (χ1n) is 12.5. The molecule has 2 heterocycles. The highest BCUT2D eigenvalue weighted by Crippen LogP contribution is 2.58. The summed E-state index contributed by atoms with van der Waals surface area (Å²) in [5.74, 6) is 4.41. The standard InChI is InChI=1S/C28H34N4O/c1-4-13-31(2)21-11-12-24-23(14-21)27(30-26(29-24)19-9-10-19)32-17-28(18-32)15-20(16-28)22-7-5-6-8-25(22)33-3/h5-8,11-12,14,19-20H,4,9-10,13,15-18H2,1-3H3. The molecule has 0 radical (unpaired) electrons. The van der Waals surface area contributed by atoms with E-state index in [0.717, 1.165) is 49.0 Å². The van der Waals surface area contributed by atoms with Gasteiger partial charge in [0.25, 0.3) is 0 Å². The van der Waals surface area contributed by atoms with E-state index in [0.29, 0.717) is 17.3 Å². The summed E-state index contributed by atoms with van der Waals surface area (Å²) < 4.78 is 5.62. The van der Waals surface area contributed by atoms with Gasteiger partial charge in [-0.15, -0.1) is 0 Å². The molecule has 0 N–H and O–H groups in total. The molecule has 3 fully saturated rings. The van der Waals surface area contributed by atoms with Crippen molar-refractivity contribution < 1.29 is 4.74 Å². The third-order valence-corrected chi connectivity index (χ3v) is 7.91. The van der Waals surface area contributed by atoms with Crippen LogP contribution < -0.4 is 14.5 Å². The smallest absolute Gasteiger partial charge is 0.140 e. The molecule has 0 atom stereocenters. The minimum absolute atomic E-state index is 0.430. The topological polar surface area (TPSA) is 41.5 Å². The summed E-state index contributed by atoms with van der Waals surface area (Å²) in [6, 6.07) is 15.2. The predicted molar refractivity (Wildman–Crippen MR) is 135 cm³/mol. The van der Waals surface area contributed by atoms with Crippen LogP contribution in [0.3, 0.4) is 0 Å². The Bertz CT molecular complexity index is 1170. The number of rotatable bonds is 7. The van der Waals surface area contributed by atoms with Gasteiger partial charge in [-0.2, -0.15) is 0 Å². The van der Waals surface area contributed by atoms with Crippen LogP contribution in [0.2, 0.25) is 0 Å². The average Bonchev–Trinajstić information content (AvgIpc) is 3.62. The second-order valence-corrected chi connectivity index (χ2v) is 10.5. The van der Waals surface area contributed by atoms with E-state index < -0.39 is 0 Å². The third kappa shape index (κ3) is 3.62. The van der Waals surface area contributed by atoms with E-state index in [4.69, 9.17) is 14.7 Å². The number of methoxy groups -OCH3 is 1. The van der Waals surface area contributed by atoms with Gasteiger partial charge >= 0.3 is 0 Å². The van der Waals surface area contributed by atoms with Crippen LogP contribution in [0.1, 0.15) is 62.3 Å². The third-order valence-electron chi connectivity index (χ3n) is 7.91. The number of hydrogen-bond donors (Lipinski definition) is 0. The Morgan fingerprint density at radius 1 is 1.06 bits per heavy atom. The van der Waals surface area contributed by atoms with E-state index in [1.807, 2.05) is 0 Å². The number of hydrogen-bond acceptors (Lipinski definition) is 5. The van der Waals surface area contributed by atoms with Gasteiger partial charge in [0.15, 0.2) is 0 Å². The molecule has 6 rings (SSSR count). The predicted octanol–water partition coefficient (Wildman–Crippen LogP) is 5.75. The summed E-state index contributed by atoms with van der Waals surface area (Å²) in [5, 5.41) is 1.20. The van der Waals surface area contributed by atoms with Gasteiger partial charge < -0.3 is 14.5 Å². The fourth-order valence-corrected chi connectivity index (χ4v) is 5.97. The van der Waals surface area contributed by atoms with Crippen molar-refractivity contribution in [3.63, 3.8) is 0 Å². The van der Waals surface area contributed by atoms with E-state index in [1.165, 1.54) is 42.3 Å². The van der Waals surface area contributed by atoms with Crippen molar-refractivity contribution in [3.05, 3.63) is 53.9 Å². The summed E-state index contributed by atoms with van der Waals surface area (Å²) >= 11 is 0. The number of anilines is 2. The highest BCUT2D eigenvalue weighted by atomic mass is 16.5. The van der Waals surface area contributed by atoms with Crippen LogP contribution in [0.5, 0.6) is 5.75 Å². The lowest BCUT2D eigenvalue weighted by Gasteiger charge is -2.60. The maximum absolute atomic E-state index is 5.62. The molecule has 2 aliphatic carbocycles. The molecule has 0 unspecified atom stereocenters. The van der Waals surface area contributed by atoms with Crippen LogP contribution in [-0.4, -0.2) is 43.8 Å². The Hall–Kier alpha value is -2.82. The zero-order valence-electron chi connectivity index (χ0n) is 20.1. The monoisotopic (exact) mass is 442 g/mol. The van der Waals surface area contributed by atoms with Gasteiger partial charge in [-0.3, -0.25) is 0 Å². The number of ether oxygens (including phenoxy) is 1. The SMILES string of the molecule is CCCN(C)c1ccc2nc(C3CC3)nc(N3CC4(CC(c5ccccc5OC)C4)C3)c2c1. The van der Waals surface area contributed by atoms with Crippen molar-refractivity contribution in [1.82, 2.24) is 9.97 Å². The molecular weight excluding hydrogens is 408 g/mol. The Kier molecular flexibility index (Phi) is 4.97. The van der Waals surface area contributed by atoms with E-state index in [2.05, 4.69) is 66.2 Å². The number of nitrogens with zero attached hydrogens (tertiary/aromatic N) is 4. The summed E-state index contributed by atoms with van der Waals surface area (Å²) in [6.45, 7) is 5.48. The number of para-hydroxylation sites is 1.